The minimum atomic E-state index is 0.518. The molecule has 1 aromatic rings. The Morgan fingerprint density at radius 2 is 2.15 bits per heavy atom. The third kappa shape index (κ3) is 2.44. The molecular formula is C10H13NO2. The van der Waals surface area contributed by atoms with E-state index in [1.54, 1.807) is 0 Å². The van der Waals surface area contributed by atoms with Gasteiger partial charge in [-0.15, -0.1) is 0 Å². The van der Waals surface area contributed by atoms with Gasteiger partial charge in [0.15, 0.2) is 6.73 Å². The summed E-state index contributed by atoms with van der Waals surface area (Å²) in [5.74, 6) is 0.887. The van der Waals surface area contributed by atoms with Crippen molar-refractivity contribution in [3.05, 3.63) is 30.3 Å². The minimum absolute atomic E-state index is 0.518. The van der Waals surface area contributed by atoms with Crippen molar-refractivity contribution in [1.29, 1.82) is 0 Å². The highest BCUT2D eigenvalue weighted by atomic mass is 16.7. The maximum Gasteiger partial charge on any atom is 0.164 e. The molecule has 2 rings (SSSR count). The van der Waals surface area contributed by atoms with Crippen LogP contribution in [0.5, 0.6) is 5.75 Å². The largest absolute Gasteiger partial charge is 0.476 e. The summed E-state index contributed by atoms with van der Waals surface area (Å²) >= 11 is 0. The van der Waals surface area contributed by atoms with Crippen molar-refractivity contribution in [1.82, 2.24) is 5.06 Å². The number of nitrogens with zero attached hydrogens (tertiary/aromatic N) is 1. The Hall–Kier alpha value is -1.06. The zero-order chi connectivity index (χ0) is 8.93. The first-order valence-electron chi connectivity index (χ1n) is 4.51. The maximum atomic E-state index is 5.49. The fourth-order valence-corrected chi connectivity index (χ4v) is 1.26. The normalized spacial score (nSPS) is 17.5. The third-order valence-corrected chi connectivity index (χ3v) is 1.94. The molecule has 1 fully saturated rings. The highest BCUT2D eigenvalue weighted by Crippen LogP contribution is 2.10. The van der Waals surface area contributed by atoms with Crippen LogP contribution in [0.3, 0.4) is 0 Å². The Bertz CT molecular complexity index is 244. The summed E-state index contributed by atoms with van der Waals surface area (Å²) in [6.07, 6.45) is 1.10. The van der Waals surface area contributed by atoms with E-state index in [0.29, 0.717) is 6.73 Å². The van der Waals surface area contributed by atoms with Crippen molar-refractivity contribution < 1.29 is 9.57 Å². The van der Waals surface area contributed by atoms with E-state index in [9.17, 15) is 0 Å². The fourth-order valence-electron chi connectivity index (χ4n) is 1.26. The van der Waals surface area contributed by atoms with Crippen molar-refractivity contribution in [3.63, 3.8) is 0 Å². The molecule has 0 aliphatic carbocycles. The second kappa shape index (κ2) is 4.25. The summed E-state index contributed by atoms with van der Waals surface area (Å²) in [4.78, 5) is 5.28. The molecule has 1 aromatic carbocycles. The first kappa shape index (κ1) is 8.53. The number of para-hydroxylation sites is 1. The van der Waals surface area contributed by atoms with Crippen LogP contribution in [0.2, 0.25) is 0 Å². The van der Waals surface area contributed by atoms with E-state index in [4.69, 9.17) is 9.57 Å². The lowest BCUT2D eigenvalue weighted by Crippen LogP contribution is -2.23. The van der Waals surface area contributed by atoms with E-state index in [0.717, 1.165) is 25.3 Å². The Morgan fingerprint density at radius 1 is 1.31 bits per heavy atom. The Kier molecular flexibility index (Phi) is 2.79. The molecule has 0 aromatic heterocycles. The van der Waals surface area contributed by atoms with E-state index in [2.05, 4.69) is 0 Å². The lowest BCUT2D eigenvalue weighted by atomic mass is 10.3. The van der Waals surface area contributed by atoms with Crippen LogP contribution in [0, 0.1) is 0 Å². The van der Waals surface area contributed by atoms with Gasteiger partial charge in [-0.2, -0.15) is 5.06 Å². The van der Waals surface area contributed by atoms with Gasteiger partial charge >= 0.3 is 0 Å². The molecule has 0 atom stereocenters. The van der Waals surface area contributed by atoms with E-state index in [-0.39, 0.29) is 0 Å². The number of hydroxylamine groups is 2. The summed E-state index contributed by atoms with van der Waals surface area (Å²) in [6, 6.07) is 9.77. The Labute approximate surface area is 77.8 Å². The van der Waals surface area contributed by atoms with Gasteiger partial charge in [-0.05, 0) is 18.6 Å². The molecule has 3 nitrogen and oxygen atoms in total. The zero-order valence-corrected chi connectivity index (χ0v) is 7.48. The lowest BCUT2D eigenvalue weighted by molar-refractivity contribution is -0.146. The molecule has 0 N–H and O–H groups in total. The van der Waals surface area contributed by atoms with Crippen LogP contribution in [0.1, 0.15) is 6.42 Å². The van der Waals surface area contributed by atoms with E-state index in [1.165, 1.54) is 0 Å². The van der Waals surface area contributed by atoms with Crippen LogP contribution in [0.4, 0.5) is 0 Å². The smallest absolute Gasteiger partial charge is 0.164 e. The first-order valence-corrected chi connectivity index (χ1v) is 4.51. The molecule has 1 aliphatic rings. The second-order valence-electron chi connectivity index (χ2n) is 2.98. The van der Waals surface area contributed by atoms with Gasteiger partial charge in [0.05, 0.1) is 6.61 Å². The predicted octanol–water partition coefficient (Wildman–Crippen LogP) is 1.66. The zero-order valence-electron chi connectivity index (χ0n) is 7.48. The molecule has 0 amide bonds. The number of hydrogen-bond donors (Lipinski definition) is 0. The highest BCUT2D eigenvalue weighted by Gasteiger charge is 2.11. The lowest BCUT2D eigenvalue weighted by Gasteiger charge is -2.14. The van der Waals surface area contributed by atoms with Crippen molar-refractivity contribution in [2.24, 2.45) is 0 Å². The topological polar surface area (TPSA) is 21.7 Å². The Morgan fingerprint density at radius 3 is 2.85 bits per heavy atom. The number of hydrogen-bond acceptors (Lipinski definition) is 3. The van der Waals surface area contributed by atoms with Crippen molar-refractivity contribution >= 4 is 0 Å². The summed E-state index contributed by atoms with van der Waals surface area (Å²) < 4.78 is 5.49. The molecule has 70 valence electrons. The summed E-state index contributed by atoms with van der Waals surface area (Å²) in [6.45, 7) is 2.30. The van der Waals surface area contributed by atoms with Crippen molar-refractivity contribution in [2.45, 2.75) is 6.42 Å². The molecule has 0 spiro atoms. The summed E-state index contributed by atoms with van der Waals surface area (Å²) in [7, 11) is 0. The van der Waals surface area contributed by atoms with Gasteiger partial charge in [0.25, 0.3) is 0 Å². The molecule has 0 unspecified atom stereocenters. The molecule has 3 heteroatoms. The van der Waals surface area contributed by atoms with Gasteiger partial charge in [0.1, 0.15) is 5.75 Å². The number of benzene rings is 1. The summed E-state index contributed by atoms with van der Waals surface area (Å²) in [5, 5.41) is 1.84. The third-order valence-electron chi connectivity index (χ3n) is 1.94. The molecular weight excluding hydrogens is 166 g/mol. The molecule has 0 saturated carbocycles. The molecule has 0 bridgehead atoms. The van der Waals surface area contributed by atoms with Crippen LogP contribution < -0.4 is 4.74 Å². The van der Waals surface area contributed by atoms with Crippen molar-refractivity contribution in [3.8, 4) is 5.75 Å². The molecule has 0 radical (unpaired) electrons. The molecule has 1 saturated heterocycles. The van der Waals surface area contributed by atoms with E-state index >= 15 is 0 Å². The van der Waals surface area contributed by atoms with Gasteiger partial charge in [0.2, 0.25) is 0 Å². The predicted molar refractivity (Wildman–Crippen MR) is 49.2 cm³/mol. The maximum absolute atomic E-state index is 5.49. The SMILES string of the molecule is c1ccc(OCN2CCCO2)cc1. The number of ether oxygens (including phenoxy) is 1. The van der Waals surface area contributed by atoms with Crippen LogP contribution in [0.15, 0.2) is 30.3 Å². The Balaban J connectivity index is 1.79. The first-order chi connectivity index (χ1) is 6.45. The number of rotatable bonds is 3. The van der Waals surface area contributed by atoms with Crippen molar-refractivity contribution in [2.75, 3.05) is 19.9 Å². The monoisotopic (exact) mass is 179 g/mol. The average Bonchev–Trinajstić information content (AvgIpc) is 2.69. The fraction of sp³-hybridized carbons (Fsp3) is 0.400. The molecule has 1 aliphatic heterocycles. The molecule has 1 heterocycles. The quantitative estimate of drug-likeness (QED) is 0.704. The second-order valence-corrected chi connectivity index (χ2v) is 2.98. The van der Waals surface area contributed by atoms with Crippen LogP contribution in [-0.2, 0) is 4.84 Å². The van der Waals surface area contributed by atoms with Gasteiger partial charge in [0, 0.05) is 6.54 Å². The van der Waals surface area contributed by atoms with E-state index in [1.807, 2.05) is 35.4 Å². The van der Waals surface area contributed by atoms with Gasteiger partial charge in [-0.1, -0.05) is 18.2 Å². The van der Waals surface area contributed by atoms with Gasteiger partial charge in [-0.25, -0.2) is 0 Å². The van der Waals surface area contributed by atoms with Crippen LogP contribution in [0.25, 0.3) is 0 Å². The van der Waals surface area contributed by atoms with Crippen LogP contribution in [-0.4, -0.2) is 24.9 Å². The minimum Gasteiger partial charge on any atom is -0.476 e. The molecule has 13 heavy (non-hydrogen) atoms. The standard InChI is InChI=1S/C10H13NO2/c1-2-5-10(6-3-1)12-9-11-7-4-8-13-11/h1-3,5-6H,4,7-9H2. The van der Waals surface area contributed by atoms with E-state index < -0.39 is 0 Å². The summed E-state index contributed by atoms with van der Waals surface area (Å²) in [5.41, 5.74) is 0. The van der Waals surface area contributed by atoms with Crippen LogP contribution >= 0.6 is 0 Å². The average molecular weight is 179 g/mol. The van der Waals surface area contributed by atoms with Gasteiger partial charge < -0.3 is 4.74 Å². The highest BCUT2D eigenvalue weighted by molar-refractivity contribution is 5.20. The van der Waals surface area contributed by atoms with Gasteiger partial charge in [-0.3, -0.25) is 4.84 Å².